The molecule has 2 heterocycles. The molecule has 5 aliphatic rings. The molecular formula is C34H39N3O4S. The molecule has 3 aromatic rings. The van der Waals surface area contributed by atoms with Crippen molar-refractivity contribution in [3.8, 4) is 0 Å². The summed E-state index contributed by atoms with van der Waals surface area (Å²) in [6.07, 6.45) is 9.26. The number of hydrogen-bond acceptors (Lipinski definition) is 6. The summed E-state index contributed by atoms with van der Waals surface area (Å²) in [5, 5.41) is 16.9. The Bertz CT molecular complexity index is 1330. The van der Waals surface area contributed by atoms with E-state index in [4.69, 9.17) is 9.47 Å². The van der Waals surface area contributed by atoms with Gasteiger partial charge in [0.2, 0.25) is 0 Å². The van der Waals surface area contributed by atoms with Crippen molar-refractivity contribution >= 4 is 23.5 Å². The molecule has 220 valence electrons. The Morgan fingerprint density at radius 2 is 1.57 bits per heavy atom. The van der Waals surface area contributed by atoms with Crippen LogP contribution in [0.4, 0.5) is 10.5 Å². The molecule has 0 unspecified atom stereocenters. The van der Waals surface area contributed by atoms with Crippen molar-refractivity contribution in [2.75, 3.05) is 11.1 Å². The highest BCUT2D eigenvalue weighted by atomic mass is 32.2. The number of urea groups is 1. The van der Waals surface area contributed by atoms with E-state index in [-0.39, 0.29) is 30.4 Å². The summed E-state index contributed by atoms with van der Waals surface area (Å²) >= 11 is 1.68. The van der Waals surface area contributed by atoms with Gasteiger partial charge in [-0.15, -0.1) is 11.8 Å². The van der Waals surface area contributed by atoms with E-state index in [1.807, 2.05) is 66.7 Å². The Hall–Kier alpha value is -2.91. The smallest absolute Gasteiger partial charge is 0.319 e. The van der Waals surface area contributed by atoms with E-state index in [2.05, 4.69) is 15.6 Å². The van der Waals surface area contributed by atoms with Gasteiger partial charge in [0.05, 0.1) is 23.8 Å². The fourth-order valence-corrected chi connectivity index (χ4v) is 8.91. The zero-order valence-electron chi connectivity index (χ0n) is 23.8. The summed E-state index contributed by atoms with van der Waals surface area (Å²) in [6, 6.07) is 21.6. The van der Waals surface area contributed by atoms with E-state index >= 15 is 0 Å². The summed E-state index contributed by atoms with van der Waals surface area (Å²) in [5.74, 6) is 3.11. The molecule has 42 heavy (non-hydrogen) atoms. The standard InChI is InChI=1S/C34H39N3O4S/c38-20-22-4-6-26(7-5-22)30-16-29(21-42-31-3-1-2-12-35-31)40-32(41-30)27-8-10-28(11-9-27)36-33(39)37-34-17-23-13-24(18-34)15-25(14-23)19-34/h1-12,23-25,29-30,32,38H,13-21H2,(H2,36,37,39)/t23?,24?,25?,29-,30+,32+,34?/m0/s1. The van der Waals surface area contributed by atoms with Crippen molar-refractivity contribution in [1.82, 2.24) is 10.3 Å². The van der Waals surface area contributed by atoms with Gasteiger partial charge in [-0.3, -0.25) is 0 Å². The van der Waals surface area contributed by atoms with Crippen molar-refractivity contribution in [3.63, 3.8) is 0 Å². The zero-order chi connectivity index (χ0) is 28.5. The van der Waals surface area contributed by atoms with Crippen molar-refractivity contribution in [1.29, 1.82) is 0 Å². The van der Waals surface area contributed by atoms with Crippen molar-refractivity contribution in [2.45, 2.75) is 80.6 Å². The molecule has 3 atom stereocenters. The fourth-order valence-electron chi connectivity index (χ4n) is 8.02. The minimum Gasteiger partial charge on any atom is -0.392 e. The number of benzene rings is 2. The number of aromatic nitrogens is 1. The highest BCUT2D eigenvalue weighted by molar-refractivity contribution is 7.99. The maximum Gasteiger partial charge on any atom is 0.319 e. The Labute approximate surface area is 251 Å². The van der Waals surface area contributed by atoms with Gasteiger partial charge in [0.25, 0.3) is 0 Å². The highest BCUT2D eigenvalue weighted by Gasteiger charge is 2.51. The van der Waals surface area contributed by atoms with E-state index in [1.165, 1.54) is 19.3 Å². The van der Waals surface area contributed by atoms with Gasteiger partial charge in [-0.05, 0) is 91.7 Å². The number of aliphatic hydroxyl groups excluding tert-OH is 1. The molecule has 8 heteroatoms. The number of nitrogens with one attached hydrogen (secondary N) is 2. The zero-order valence-corrected chi connectivity index (χ0v) is 24.6. The van der Waals surface area contributed by atoms with Crippen LogP contribution in [0, 0.1) is 17.8 Å². The summed E-state index contributed by atoms with van der Waals surface area (Å²) in [6.45, 7) is 0.0157. The Kier molecular flexibility index (Phi) is 7.97. The van der Waals surface area contributed by atoms with Crippen molar-refractivity contribution in [2.24, 2.45) is 17.8 Å². The number of carbonyl (C=O) groups is 1. The number of thioether (sulfide) groups is 1. The van der Waals surface area contributed by atoms with Crippen LogP contribution in [0.15, 0.2) is 78.0 Å². The van der Waals surface area contributed by atoms with Crippen LogP contribution in [-0.4, -0.2) is 33.5 Å². The van der Waals surface area contributed by atoms with E-state index < -0.39 is 6.29 Å². The number of anilines is 1. The average molecular weight is 586 g/mol. The third-order valence-electron chi connectivity index (χ3n) is 9.53. The molecule has 3 N–H and O–H groups in total. The molecule has 8 rings (SSSR count). The Morgan fingerprint density at radius 3 is 2.21 bits per heavy atom. The number of amides is 2. The molecule has 5 fully saturated rings. The summed E-state index contributed by atoms with van der Waals surface area (Å²) in [4.78, 5) is 17.5. The number of rotatable bonds is 8. The molecule has 0 spiro atoms. The van der Waals surface area contributed by atoms with Crippen LogP contribution in [0.2, 0.25) is 0 Å². The fraction of sp³-hybridized carbons (Fsp3) is 0.471. The van der Waals surface area contributed by atoms with Crippen LogP contribution < -0.4 is 10.6 Å². The molecule has 2 amide bonds. The second kappa shape index (κ2) is 12.0. The quantitative estimate of drug-likeness (QED) is 0.247. The first-order valence-corrected chi connectivity index (χ1v) is 16.2. The number of carbonyl (C=O) groups excluding carboxylic acids is 1. The lowest BCUT2D eigenvalue weighted by Gasteiger charge is -2.56. The maximum absolute atomic E-state index is 13.1. The SMILES string of the molecule is O=C(Nc1ccc([C@@H]2O[C@H](CSc3ccccn3)C[C@H](c3ccc(CO)cc3)O2)cc1)NC12CC3CC(CC(C3)C1)C2. The molecular weight excluding hydrogens is 546 g/mol. The second-order valence-electron chi connectivity index (χ2n) is 12.7. The van der Waals surface area contributed by atoms with Gasteiger partial charge in [0, 0.05) is 35.2 Å². The number of pyridine rings is 1. The number of aliphatic hydroxyl groups is 1. The monoisotopic (exact) mass is 585 g/mol. The Morgan fingerprint density at radius 1 is 0.881 bits per heavy atom. The molecule has 1 aliphatic heterocycles. The minimum atomic E-state index is -0.537. The van der Waals surface area contributed by atoms with Gasteiger partial charge in [-0.2, -0.15) is 0 Å². The van der Waals surface area contributed by atoms with Gasteiger partial charge >= 0.3 is 6.03 Å². The summed E-state index contributed by atoms with van der Waals surface area (Å²) < 4.78 is 12.9. The van der Waals surface area contributed by atoms with Crippen LogP contribution in [0.3, 0.4) is 0 Å². The first kappa shape index (κ1) is 27.9. The van der Waals surface area contributed by atoms with Gasteiger partial charge in [0.1, 0.15) is 0 Å². The lowest BCUT2D eigenvalue weighted by Crippen LogP contribution is -2.60. The average Bonchev–Trinajstić information content (AvgIpc) is 3.00. The van der Waals surface area contributed by atoms with Crippen molar-refractivity contribution in [3.05, 3.63) is 89.6 Å². The summed E-state index contributed by atoms with van der Waals surface area (Å²) in [5.41, 5.74) is 3.59. The van der Waals surface area contributed by atoms with Gasteiger partial charge < -0.3 is 25.2 Å². The van der Waals surface area contributed by atoms with E-state index in [1.54, 1.807) is 18.0 Å². The highest BCUT2D eigenvalue weighted by Crippen LogP contribution is 2.55. The van der Waals surface area contributed by atoms with Crippen LogP contribution in [0.25, 0.3) is 0 Å². The second-order valence-corrected chi connectivity index (χ2v) is 13.8. The number of nitrogens with zero attached hydrogens (tertiary/aromatic N) is 1. The molecule has 4 aliphatic carbocycles. The van der Waals surface area contributed by atoms with Gasteiger partial charge in [0.15, 0.2) is 6.29 Å². The molecule has 0 radical (unpaired) electrons. The topological polar surface area (TPSA) is 92.7 Å². The number of ether oxygens (including phenoxy) is 2. The molecule has 4 saturated carbocycles. The van der Waals surface area contributed by atoms with Crippen LogP contribution in [0.5, 0.6) is 0 Å². The van der Waals surface area contributed by atoms with E-state index in [0.29, 0.717) is 0 Å². The third-order valence-corrected chi connectivity index (χ3v) is 10.6. The van der Waals surface area contributed by atoms with Crippen LogP contribution in [0.1, 0.15) is 74.0 Å². The van der Waals surface area contributed by atoms with Gasteiger partial charge in [-0.25, -0.2) is 9.78 Å². The number of hydrogen-bond donors (Lipinski definition) is 3. The first-order chi connectivity index (χ1) is 20.5. The lowest BCUT2D eigenvalue weighted by molar-refractivity contribution is -0.245. The van der Waals surface area contributed by atoms with Crippen LogP contribution in [-0.2, 0) is 16.1 Å². The lowest BCUT2D eigenvalue weighted by atomic mass is 9.53. The third kappa shape index (κ3) is 6.23. The molecule has 4 bridgehead atoms. The van der Waals surface area contributed by atoms with E-state index in [0.717, 1.165) is 76.6 Å². The van der Waals surface area contributed by atoms with Crippen LogP contribution >= 0.6 is 11.8 Å². The Balaban J connectivity index is 1.02. The first-order valence-electron chi connectivity index (χ1n) is 15.3. The van der Waals surface area contributed by atoms with Gasteiger partial charge in [-0.1, -0.05) is 42.5 Å². The largest absolute Gasteiger partial charge is 0.392 e. The molecule has 2 aromatic carbocycles. The summed E-state index contributed by atoms with van der Waals surface area (Å²) in [7, 11) is 0. The molecule has 1 saturated heterocycles. The minimum absolute atomic E-state index is 0.0157. The maximum atomic E-state index is 13.1. The van der Waals surface area contributed by atoms with Crippen molar-refractivity contribution < 1.29 is 19.4 Å². The normalized spacial score (nSPS) is 31.5. The molecule has 7 nitrogen and oxygen atoms in total. The molecule has 1 aromatic heterocycles. The van der Waals surface area contributed by atoms with E-state index in [9.17, 15) is 9.90 Å². The predicted octanol–water partition coefficient (Wildman–Crippen LogP) is 7.00. The predicted molar refractivity (Wildman–Crippen MR) is 163 cm³/mol.